The summed E-state index contributed by atoms with van der Waals surface area (Å²) in [6.07, 6.45) is 40.4. The second-order valence-electron chi connectivity index (χ2n) is 14.7. The van der Waals surface area contributed by atoms with Crippen molar-refractivity contribution in [1.82, 2.24) is 5.32 Å². The van der Waals surface area contributed by atoms with Crippen molar-refractivity contribution >= 4 is 5.91 Å². The molecule has 6 nitrogen and oxygen atoms in total. The topological polar surface area (TPSA) is 110 Å². The van der Waals surface area contributed by atoms with Gasteiger partial charge in [-0.15, -0.1) is 0 Å². The van der Waals surface area contributed by atoms with Crippen molar-refractivity contribution in [3.05, 3.63) is 12.2 Å². The van der Waals surface area contributed by atoms with Gasteiger partial charge in [0.05, 0.1) is 18.8 Å². The van der Waals surface area contributed by atoms with E-state index in [1.165, 1.54) is 148 Å². The molecule has 0 aromatic heterocycles. The maximum absolute atomic E-state index is 12.4. The van der Waals surface area contributed by atoms with Crippen LogP contribution < -0.4 is 5.32 Å². The molecule has 6 heteroatoms. The number of hydrogen-bond acceptors (Lipinski definition) is 5. The first-order chi connectivity index (χ1) is 23.5. The lowest BCUT2D eigenvalue weighted by Gasteiger charge is -2.27. The molecule has 48 heavy (non-hydrogen) atoms. The monoisotopic (exact) mass is 682 g/mol. The van der Waals surface area contributed by atoms with Gasteiger partial charge in [-0.1, -0.05) is 193 Å². The highest BCUT2D eigenvalue weighted by molar-refractivity contribution is 5.80. The Morgan fingerprint density at radius 1 is 0.500 bits per heavy atom. The quantitative estimate of drug-likeness (QED) is 0.0329. The minimum absolute atomic E-state index is 0.370. The summed E-state index contributed by atoms with van der Waals surface area (Å²) >= 11 is 0. The number of rotatable bonds is 38. The third-order valence-corrected chi connectivity index (χ3v) is 9.98. The number of amides is 1. The first-order valence-electron chi connectivity index (χ1n) is 21.1. The Balaban J connectivity index is 3.50. The molecule has 0 saturated heterocycles. The van der Waals surface area contributed by atoms with E-state index in [0.717, 1.165) is 44.9 Å². The Hall–Kier alpha value is -0.950. The number of carbonyl (C=O) groups excluding carboxylic acids is 1. The Labute approximate surface area is 298 Å². The van der Waals surface area contributed by atoms with Crippen molar-refractivity contribution in [2.75, 3.05) is 6.61 Å². The number of unbranched alkanes of at least 4 members (excludes halogenated alkanes) is 27. The van der Waals surface area contributed by atoms with Crippen LogP contribution in [0.2, 0.25) is 0 Å². The lowest BCUT2D eigenvalue weighted by atomic mass is 9.99. The summed E-state index contributed by atoms with van der Waals surface area (Å²) in [5, 5.41) is 42.9. The van der Waals surface area contributed by atoms with E-state index in [0.29, 0.717) is 12.8 Å². The highest BCUT2D eigenvalue weighted by Gasteiger charge is 2.28. The van der Waals surface area contributed by atoms with Gasteiger partial charge in [0.25, 0.3) is 0 Å². The summed E-state index contributed by atoms with van der Waals surface area (Å²) in [4.78, 5) is 12.4. The Morgan fingerprint density at radius 2 is 0.833 bits per heavy atom. The average molecular weight is 682 g/mol. The minimum Gasteiger partial charge on any atom is -0.394 e. The maximum atomic E-state index is 12.4. The molecule has 0 heterocycles. The van der Waals surface area contributed by atoms with Crippen molar-refractivity contribution in [2.24, 2.45) is 0 Å². The van der Waals surface area contributed by atoms with Crippen LogP contribution in [-0.4, -0.2) is 57.3 Å². The van der Waals surface area contributed by atoms with E-state index in [1.54, 1.807) is 0 Å². The largest absolute Gasteiger partial charge is 0.394 e. The van der Waals surface area contributed by atoms with Crippen LogP contribution in [0.1, 0.15) is 219 Å². The van der Waals surface area contributed by atoms with Gasteiger partial charge in [0.2, 0.25) is 5.91 Å². The fourth-order valence-electron chi connectivity index (χ4n) is 6.57. The lowest BCUT2D eigenvalue weighted by molar-refractivity contribution is -0.132. The fraction of sp³-hybridized carbons (Fsp3) is 0.929. The Morgan fingerprint density at radius 3 is 1.23 bits per heavy atom. The van der Waals surface area contributed by atoms with E-state index in [1.807, 2.05) is 0 Å². The number of aliphatic hydroxyl groups excluding tert-OH is 4. The maximum Gasteiger partial charge on any atom is 0.249 e. The summed E-state index contributed by atoms with van der Waals surface area (Å²) in [6, 6.07) is -0.978. The summed E-state index contributed by atoms with van der Waals surface area (Å²) in [5.74, 6) is -0.590. The van der Waals surface area contributed by atoms with Gasteiger partial charge in [-0.3, -0.25) is 4.79 Å². The summed E-state index contributed by atoms with van der Waals surface area (Å²) in [6.45, 7) is 3.91. The van der Waals surface area contributed by atoms with Gasteiger partial charge in [0, 0.05) is 0 Å². The van der Waals surface area contributed by atoms with Crippen LogP contribution in [0.4, 0.5) is 0 Å². The van der Waals surface area contributed by atoms with E-state index >= 15 is 0 Å². The fourth-order valence-corrected chi connectivity index (χ4v) is 6.57. The molecule has 0 aliphatic carbocycles. The highest BCUT2D eigenvalue weighted by Crippen LogP contribution is 2.16. The first kappa shape index (κ1) is 47.0. The van der Waals surface area contributed by atoms with Crippen LogP contribution in [0.25, 0.3) is 0 Å². The minimum atomic E-state index is -1.25. The molecule has 0 rings (SSSR count). The van der Waals surface area contributed by atoms with E-state index < -0.39 is 36.9 Å². The van der Waals surface area contributed by atoms with Crippen LogP contribution >= 0.6 is 0 Å². The molecule has 0 aliphatic rings. The third-order valence-electron chi connectivity index (χ3n) is 9.98. The van der Waals surface area contributed by atoms with Crippen LogP contribution in [0.5, 0.6) is 0 Å². The zero-order chi connectivity index (χ0) is 35.3. The van der Waals surface area contributed by atoms with E-state index in [4.69, 9.17) is 0 Å². The molecule has 1 amide bonds. The molecule has 0 aromatic rings. The van der Waals surface area contributed by atoms with Gasteiger partial charge < -0.3 is 25.7 Å². The molecule has 286 valence electrons. The molecule has 4 atom stereocenters. The van der Waals surface area contributed by atoms with Crippen molar-refractivity contribution in [3.63, 3.8) is 0 Å². The molecule has 0 radical (unpaired) electrons. The Bertz CT molecular complexity index is 687. The van der Waals surface area contributed by atoms with E-state index in [9.17, 15) is 25.2 Å². The van der Waals surface area contributed by atoms with E-state index in [2.05, 4.69) is 31.3 Å². The van der Waals surface area contributed by atoms with Gasteiger partial charge in [-0.25, -0.2) is 0 Å². The molecule has 5 N–H and O–H groups in total. The van der Waals surface area contributed by atoms with Crippen molar-refractivity contribution < 1.29 is 25.2 Å². The second-order valence-corrected chi connectivity index (χ2v) is 14.7. The zero-order valence-electron chi connectivity index (χ0n) is 32.0. The van der Waals surface area contributed by atoms with Gasteiger partial charge in [0.15, 0.2) is 0 Å². The molecule has 4 unspecified atom stereocenters. The molecule has 0 saturated carbocycles. The standard InChI is InChI=1S/C42H83NO5/c1-3-5-7-9-10-11-12-13-14-15-16-17-18-19-20-21-22-23-24-25-26-27-28-29-30-31-32-34-36-40(46)42(48)43-38(37-44)41(47)39(45)35-33-8-6-4-2/h19-20,38-41,44-47H,3-18,21-37H2,1-2H3,(H,43,48)/b20-19-. The molecule has 0 aliphatic heterocycles. The number of nitrogens with one attached hydrogen (secondary N) is 1. The van der Waals surface area contributed by atoms with Crippen molar-refractivity contribution in [2.45, 2.75) is 244 Å². The second kappa shape index (κ2) is 37.3. The predicted octanol–water partition coefficient (Wildman–Crippen LogP) is 10.6. The summed E-state index contributed by atoms with van der Waals surface area (Å²) in [5.41, 5.74) is 0. The zero-order valence-corrected chi connectivity index (χ0v) is 32.0. The number of aliphatic hydroxyl groups is 4. The van der Waals surface area contributed by atoms with Gasteiger partial charge >= 0.3 is 0 Å². The van der Waals surface area contributed by atoms with Crippen LogP contribution in [0.15, 0.2) is 12.2 Å². The van der Waals surface area contributed by atoms with Crippen LogP contribution in [0.3, 0.4) is 0 Å². The van der Waals surface area contributed by atoms with Crippen LogP contribution in [0, 0.1) is 0 Å². The van der Waals surface area contributed by atoms with E-state index in [-0.39, 0.29) is 0 Å². The molecule has 0 spiro atoms. The molecule has 0 aromatic carbocycles. The first-order valence-corrected chi connectivity index (χ1v) is 21.1. The molecular weight excluding hydrogens is 598 g/mol. The summed E-state index contributed by atoms with van der Waals surface area (Å²) in [7, 11) is 0. The normalized spacial score (nSPS) is 14.4. The van der Waals surface area contributed by atoms with Crippen LogP contribution in [-0.2, 0) is 4.79 Å². The lowest BCUT2D eigenvalue weighted by Crippen LogP contribution is -2.53. The number of hydrogen-bond donors (Lipinski definition) is 5. The summed E-state index contributed by atoms with van der Waals surface area (Å²) < 4.78 is 0. The molecule has 0 bridgehead atoms. The molecular formula is C42H83NO5. The smallest absolute Gasteiger partial charge is 0.249 e. The third kappa shape index (κ3) is 31.1. The molecule has 0 fully saturated rings. The van der Waals surface area contributed by atoms with Crippen molar-refractivity contribution in [1.29, 1.82) is 0 Å². The SMILES string of the molecule is CCCCCCCCCCCCCC/C=C\CCCCCCCCCCCCCCC(O)C(=O)NC(CO)C(O)C(O)CCCCCC. The number of allylic oxidation sites excluding steroid dienone is 2. The van der Waals surface area contributed by atoms with Gasteiger partial charge in [-0.2, -0.15) is 0 Å². The van der Waals surface area contributed by atoms with Gasteiger partial charge in [0.1, 0.15) is 12.2 Å². The predicted molar refractivity (Wildman–Crippen MR) is 205 cm³/mol. The Kier molecular flexibility index (Phi) is 36.6. The van der Waals surface area contributed by atoms with Crippen molar-refractivity contribution in [3.8, 4) is 0 Å². The average Bonchev–Trinajstić information content (AvgIpc) is 3.09. The van der Waals surface area contributed by atoms with Gasteiger partial charge in [-0.05, 0) is 38.5 Å². The number of carbonyl (C=O) groups is 1. The highest BCUT2D eigenvalue weighted by atomic mass is 16.3.